The maximum atomic E-state index is 3.87. The summed E-state index contributed by atoms with van der Waals surface area (Å²) in [6.45, 7) is 3.87. The van der Waals surface area contributed by atoms with Crippen LogP contribution in [0.25, 0.3) is 0 Å². The van der Waals surface area contributed by atoms with Crippen molar-refractivity contribution in [3.8, 4) is 0 Å². The number of fused-ring (bicyclic) bond motifs is 2. The van der Waals surface area contributed by atoms with Crippen LogP contribution < -0.4 is 0 Å². The highest BCUT2D eigenvalue weighted by molar-refractivity contribution is 5.09. The second-order valence-corrected chi connectivity index (χ2v) is 3.52. The SMILES string of the molecule is C=C[C@@H]1C[C@@H]2C=C[C@H]1CC2. The van der Waals surface area contributed by atoms with Gasteiger partial charge in [0.1, 0.15) is 0 Å². The monoisotopic (exact) mass is 134 g/mol. The van der Waals surface area contributed by atoms with Crippen LogP contribution >= 0.6 is 0 Å². The summed E-state index contributed by atoms with van der Waals surface area (Å²) in [4.78, 5) is 0. The summed E-state index contributed by atoms with van der Waals surface area (Å²) in [5.74, 6) is 2.51. The number of hydrogen-bond donors (Lipinski definition) is 0. The van der Waals surface area contributed by atoms with Crippen molar-refractivity contribution in [2.24, 2.45) is 17.8 Å². The van der Waals surface area contributed by atoms with Crippen LogP contribution in [0.4, 0.5) is 0 Å². The van der Waals surface area contributed by atoms with E-state index in [-0.39, 0.29) is 0 Å². The number of allylic oxidation sites excluding steroid dienone is 3. The van der Waals surface area contributed by atoms with E-state index in [0.717, 1.165) is 17.8 Å². The first-order chi connectivity index (χ1) is 4.90. The average molecular weight is 134 g/mol. The van der Waals surface area contributed by atoms with Gasteiger partial charge in [-0.15, -0.1) is 6.58 Å². The van der Waals surface area contributed by atoms with E-state index in [0.29, 0.717) is 0 Å². The van der Waals surface area contributed by atoms with Gasteiger partial charge in [0, 0.05) is 0 Å². The number of hydrogen-bond acceptors (Lipinski definition) is 0. The van der Waals surface area contributed by atoms with E-state index >= 15 is 0 Å². The van der Waals surface area contributed by atoms with E-state index in [9.17, 15) is 0 Å². The lowest BCUT2D eigenvalue weighted by molar-refractivity contribution is 0.263. The van der Waals surface area contributed by atoms with Gasteiger partial charge in [0.05, 0.1) is 0 Å². The maximum Gasteiger partial charge on any atom is -0.0168 e. The predicted octanol–water partition coefficient (Wildman–Crippen LogP) is 2.77. The van der Waals surface area contributed by atoms with Crippen molar-refractivity contribution in [1.29, 1.82) is 0 Å². The first kappa shape index (κ1) is 6.21. The highest BCUT2D eigenvalue weighted by Gasteiger charge is 2.29. The van der Waals surface area contributed by atoms with Crippen LogP contribution in [-0.4, -0.2) is 0 Å². The Balaban J connectivity index is 2.18. The lowest BCUT2D eigenvalue weighted by atomic mass is 9.69. The van der Waals surface area contributed by atoms with Gasteiger partial charge in [-0.25, -0.2) is 0 Å². The van der Waals surface area contributed by atoms with Crippen LogP contribution in [0.5, 0.6) is 0 Å². The molecule has 0 aromatic carbocycles. The Bertz CT molecular complexity index is 167. The van der Waals surface area contributed by atoms with Crippen LogP contribution in [-0.2, 0) is 0 Å². The van der Waals surface area contributed by atoms with Crippen molar-refractivity contribution in [1.82, 2.24) is 0 Å². The summed E-state index contributed by atoms with van der Waals surface area (Å²) in [7, 11) is 0. The van der Waals surface area contributed by atoms with Crippen LogP contribution in [0.3, 0.4) is 0 Å². The molecular formula is C10H14. The van der Waals surface area contributed by atoms with Crippen molar-refractivity contribution in [3.05, 3.63) is 24.8 Å². The molecule has 1 fully saturated rings. The minimum absolute atomic E-state index is 0.795. The lowest BCUT2D eigenvalue weighted by Gasteiger charge is -2.36. The molecular weight excluding hydrogens is 120 g/mol. The van der Waals surface area contributed by atoms with E-state index in [2.05, 4.69) is 24.8 Å². The Morgan fingerprint density at radius 3 is 2.50 bits per heavy atom. The third-order valence-corrected chi connectivity index (χ3v) is 2.93. The molecule has 10 heavy (non-hydrogen) atoms. The molecule has 0 N–H and O–H groups in total. The molecule has 0 heterocycles. The summed E-state index contributed by atoms with van der Waals surface area (Å²) < 4.78 is 0. The van der Waals surface area contributed by atoms with Gasteiger partial charge in [0.25, 0.3) is 0 Å². The minimum Gasteiger partial charge on any atom is -0.103 e. The minimum atomic E-state index is 0.795. The van der Waals surface area contributed by atoms with E-state index in [1.54, 1.807) is 0 Å². The summed E-state index contributed by atoms with van der Waals surface area (Å²) in [6.07, 6.45) is 11.1. The quantitative estimate of drug-likeness (QED) is 0.484. The third kappa shape index (κ3) is 0.828. The molecule has 0 unspecified atom stereocenters. The van der Waals surface area contributed by atoms with E-state index in [1.165, 1.54) is 19.3 Å². The van der Waals surface area contributed by atoms with Crippen molar-refractivity contribution in [3.63, 3.8) is 0 Å². The largest absolute Gasteiger partial charge is 0.103 e. The zero-order chi connectivity index (χ0) is 6.97. The fourth-order valence-corrected chi connectivity index (χ4v) is 2.25. The molecule has 3 aliphatic carbocycles. The summed E-state index contributed by atoms with van der Waals surface area (Å²) in [5.41, 5.74) is 0. The number of rotatable bonds is 1. The molecule has 3 aliphatic rings. The Labute approximate surface area is 62.6 Å². The van der Waals surface area contributed by atoms with Crippen LogP contribution in [0, 0.1) is 17.8 Å². The van der Waals surface area contributed by atoms with Gasteiger partial charge in [-0.2, -0.15) is 0 Å². The Hall–Kier alpha value is -0.520. The molecule has 0 heteroatoms. The first-order valence-corrected chi connectivity index (χ1v) is 4.21. The highest BCUT2D eigenvalue weighted by Crippen LogP contribution is 2.40. The highest BCUT2D eigenvalue weighted by atomic mass is 14.3. The maximum absolute atomic E-state index is 3.87. The molecule has 0 saturated heterocycles. The fraction of sp³-hybridized carbons (Fsp3) is 0.600. The van der Waals surface area contributed by atoms with Gasteiger partial charge in [0.15, 0.2) is 0 Å². The van der Waals surface area contributed by atoms with Gasteiger partial charge in [-0.1, -0.05) is 18.2 Å². The molecule has 0 aliphatic heterocycles. The van der Waals surface area contributed by atoms with E-state index in [4.69, 9.17) is 0 Å². The van der Waals surface area contributed by atoms with E-state index < -0.39 is 0 Å². The Morgan fingerprint density at radius 1 is 1.30 bits per heavy atom. The molecule has 2 bridgehead atoms. The predicted molar refractivity (Wildman–Crippen MR) is 43.7 cm³/mol. The molecule has 54 valence electrons. The van der Waals surface area contributed by atoms with Gasteiger partial charge < -0.3 is 0 Å². The first-order valence-electron chi connectivity index (χ1n) is 4.21. The lowest BCUT2D eigenvalue weighted by Crippen LogP contribution is -2.25. The molecule has 0 nitrogen and oxygen atoms in total. The van der Waals surface area contributed by atoms with Gasteiger partial charge in [-0.05, 0) is 37.0 Å². The van der Waals surface area contributed by atoms with Gasteiger partial charge in [0.2, 0.25) is 0 Å². The molecule has 0 radical (unpaired) electrons. The normalized spacial score (nSPS) is 43.8. The molecule has 1 saturated carbocycles. The second-order valence-electron chi connectivity index (χ2n) is 3.52. The van der Waals surface area contributed by atoms with Crippen LogP contribution in [0.2, 0.25) is 0 Å². The zero-order valence-corrected chi connectivity index (χ0v) is 6.29. The third-order valence-electron chi connectivity index (χ3n) is 2.93. The van der Waals surface area contributed by atoms with E-state index in [1.807, 2.05) is 0 Å². The topological polar surface area (TPSA) is 0 Å². The molecule has 0 aromatic rings. The van der Waals surface area contributed by atoms with Crippen LogP contribution in [0.15, 0.2) is 24.8 Å². The molecule has 0 aromatic heterocycles. The molecule has 3 rings (SSSR count). The zero-order valence-electron chi connectivity index (χ0n) is 6.29. The van der Waals surface area contributed by atoms with Crippen molar-refractivity contribution in [2.75, 3.05) is 0 Å². The summed E-state index contributed by atoms with van der Waals surface area (Å²) in [6, 6.07) is 0. The smallest absolute Gasteiger partial charge is 0.0168 e. The summed E-state index contributed by atoms with van der Waals surface area (Å²) >= 11 is 0. The summed E-state index contributed by atoms with van der Waals surface area (Å²) in [5, 5.41) is 0. The van der Waals surface area contributed by atoms with Crippen molar-refractivity contribution in [2.45, 2.75) is 19.3 Å². The standard InChI is InChI=1S/C10H14/c1-2-9-7-8-3-5-10(9)6-4-8/h2-3,5,8-10H,1,4,6-7H2/t8-,9-,10+/m1/s1. The van der Waals surface area contributed by atoms with Gasteiger partial charge >= 0.3 is 0 Å². The van der Waals surface area contributed by atoms with Crippen molar-refractivity contribution >= 4 is 0 Å². The van der Waals surface area contributed by atoms with Crippen LogP contribution in [0.1, 0.15) is 19.3 Å². The second kappa shape index (κ2) is 2.26. The molecule has 0 spiro atoms. The van der Waals surface area contributed by atoms with Gasteiger partial charge in [-0.3, -0.25) is 0 Å². The average Bonchev–Trinajstić information content (AvgIpc) is 2.06. The Morgan fingerprint density at radius 2 is 2.20 bits per heavy atom. The fourth-order valence-electron chi connectivity index (χ4n) is 2.25. The Kier molecular flexibility index (Phi) is 1.40. The van der Waals surface area contributed by atoms with Crippen molar-refractivity contribution < 1.29 is 0 Å². The molecule has 3 atom stereocenters. The molecule has 0 amide bonds.